The Morgan fingerprint density at radius 1 is 1.29 bits per heavy atom. The van der Waals surface area contributed by atoms with Gasteiger partial charge in [-0.2, -0.15) is 13.2 Å². The zero-order valence-electron chi connectivity index (χ0n) is 18.3. The van der Waals surface area contributed by atoms with Crippen molar-refractivity contribution in [3.05, 3.63) is 30.1 Å². The SMILES string of the molecule is C#CC(O)C1(O)CCC(N2CC(NC(=O)CNc3ncnc4ccc(C(F)(F)F)cc34)C2)CC1. The average Bonchev–Trinajstić information content (AvgIpc) is 2.79. The number of rotatable bonds is 6. The molecule has 2 fully saturated rings. The van der Waals surface area contributed by atoms with E-state index in [9.17, 15) is 28.2 Å². The largest absolute Gasteiger partial charge is 0.416 e. The van der Waals surface area contributed by atoms with Gasteiger partial charge >= 0.3 is 6.18 Å². The molecule has 1 aliphatic carbocycles. The Kier molecular flexibility index (Phi) is 6.66. The normalized spacial score (nSPS) is 24.8. The molecule has 1 aromatic heterocycles. The maximum absolute atomic E-state index is 13.0. The summed E-state index contributed by atoms with van der Waals surface area (Å²) in [5, 5.41) is 26.1. The van der Waals surface area contributed by atoms with Gasteiger partial charge in [-0.1, -0.05) is 5.92 Å². The molecule has 11 heteroatoms. The summed E-state index contributed by atoms with van der Waals surface area (Å²) in [6.45, 7) is 1.19. The lowest BCUT2D eigenvalue weighted by Crippen LogP contribution is -2.63. The van der Waals surface area contributed by atoms with Crippen molar-refractivity contribution in [3.63, 3.8) is 0 Å². The highest BCUT2D eigenvalue weighted by Gasteiger charge is 2.42. The molecular weight excluding hydrogens is 451 g/mol. The molecule has 1 saturated carbocycles. The van der Waals surface area contributed by atoms with Crippen LogP contribution in [-0.2, 0) is 11.0 Å². The van der Waals surface area contributed by atoms with E-state index in [-0.39, 0.29) is 35.7 Å². The Hall–Kier alpha value is -2.94. The second-order valence-electron chi connectivity index (χ2n) is 8.93. The van der Waals surface area contributed by atoms with E-state index in [4.69, 9.17) is 6.42 Å². The number of nitrogens with zero attached hydrogens (tertiary/aromatic N) is 3. The van der Waals surface area contributed by atoms with Crippen LogP contribution in [0.2, 0.25) is 0 Å². The van der Waals surface area contributed by atoms with Crippen molar-refractivity contribution in [2.75, 3.05) is 25.0 Å². The fraction of sp³-hybridized carbons (Fsp3) is 0.522. The summed E-state index contributed by atoms with van der Waals surface area (Å²) in [4.78, 5) is 22.5. The van der Waals surface area contributed by atoms with Crippen molar-refractivity contribution in [1.82, 2.24) is 20.2 Å². The lowest BCUT2D eigenvalue weighted by atomic mass is 9.77. The molecule has 1 atom stereocenters. The minimum atomic E-state index is -4.49. The summed E-state index contributed by atoms with van der Waals surface area (Å²) >= 11 is 0. The average molecular weight is 477 g/mol. The molecule has 2 aliphatic rings. The lowest BCUT2D eigenvalue weighted by Gasteiger charge is -2.48. The summed E-state index contributed by atoms with van der Waals surface area (Å²) < 4.78 is 39.1. The number of hydrogen-bond acceptors (Lipinski definition) is 7. The van der Waals surface area contributed by atoms with Gasteiger partial charge in [0.1, 0.15) is 23.9 Å². The summed E-state index contributed by atoms with van der Waals surface area (Å²) in [5.41, 5.74) is -1.71. The molecule has 2 aromatic rings. The van der Waals surface area contributed by atoms with E-state index >= 15 is 0 Å². The number of hydrogen-bond donors (Lipinski definition) is 4. The van der Waals surface area contributed by atoms with E-state index in [2.05, 4.69) is 31.4 Å². The molecule has 1 aliphatic heterocycles. The van der Waals surface area contributed by atoms with Gasteiger partial charge in [-0.15, -0.1) is 6.42 Å². The predicted octanol–water partition coefficient (Wildman–Crippen LogP) is 1.53. The number of aromatic nitrogens is 2. The number of amides is 1. The maximum Gasteiger partial charge on any atom is 0.416 e. The van der Waals surface area contributed by atoms with Crippen molar-refractivity contribution < 1.29 is 28.2 Å². The summed E-state index contributed by atoms with van der Waals surface area (Å²) in [5.74, 6) is 2.06. The van der Waals surface area contributed by atoms with Crippen LogP contribution in [0, 0.1) is 12.3 Å². The maximum atomic E-state index is 13.0. The van der Waals surface area contributed by atoms with Gasteiger partial charge in [-0.05, 0) is 43.9 Å². The highest BCUT2D eigenvalue weighted by atomic mass is 19.4. The summed E-state index contributed by atoms with van der Waals surface area (Å²) in [6.07, 6.45) is 3.05. The Morgan fingerprint density at radius 3 is 2.65 bits per heavy atom. The molecule has 4 rings (SSSR count). The molecule has 1 saturated heterocycles. The Morgan fingerprint density at radius 2 is 2.00 bits per heavy atom. The fourth-order valence-corrected chi connectivity index (χ4v) is 4.61. The van der Waals surface area contributed by atoms with E-state index in [1.165, 1.54) is 12.4 Å². The smallest absolute Gasteiger partial charge is 0.386 e. The first kappa shape index (κ1) is 24.2. The lowest BCUT2D eigenvalue weighted by molar-refractivity contribution is -0.137. The van der Waals surface area contributed by atoms with Gasteiger partial charge in [-0.3, -0.25) is 9.69 Å². The molecule has 182 valence electrons. The molecule has 0 radical (unpaired) electrons. The van der Waals surface area contributed by atoms with Crippen LogP contribution in [-0.4, -0.2) is 74.4 Å². The second kappa shape index (κ2) is 9.37. The molecule has 0 spiro atoms. The number of fused-ring (bicyclic) bond motifs is 1. The summed E-state index contributed by atoms with van der Waals surface area (Å²) in [7, 11) is 0. The Balaban J connectivity index is 1.25. The van der Waals surface area contributed by atoms with Crippen LogP contribution < -0.4 is 10.6 Å². The number of halogens is 3. The first-order valence-electron chi connectivity index (χ1n) is 11.0. The van der Waals surface area contributed by atoms with Gasteiger partial charge in [0, 0.05) is 24.5 Å². The molecule has 1 aromatic carbocycles. The van der Waals surface area contributed by atoms with E-state index in [1.807, 2.05) is 0 Å². The number of nitrogens with one attached hydrogen (secondary N) is 2. The minimum Gasteiger partial charge on any atom is -0.386 e. The van der Waals surface area contributed by atoms with Crippen LogP contribution in [0.25, 0.3) is 10.9 Å². The van der Waals surface area contributed by atoms with Gasteiger partial charge < -0.3 is 20.8 Å². The Bertz CT molecular complexity index is 1090. The van der Waals surface area contributed by atoms with Gasteiger partial charge in [0.05, 0.1) is 23.7 Å². The number of likely N-dealkylation sites (tertiary alicyclic amines) is 1. The highest BCUT2D eigenvalue weighted by molar-refractivity contribution is 5.91. The van der Waals surface area contributed by atoms with E-state index in [0.29, 0.717) is 44.3 Å². The van der Waals surface area contributed by atoms with Gasteiger partial charge in [-0.25, -0.2) is 9.97 Å². The number of benzene rings is 1. The number of aliphatic hydroxyl groups is 2. The number of anilines is 1. The number of terminal acetylenes is 1. The third kappa shape index (κ3) is 5.09. The quantitative estimate of drug-likeness (QED) is 0.467. The third-order valence-corrected chi connectivity index (χ3v) is 6.66. The standard InChI is InChI=1S/C23H26F3N5O3/c1-2-19(32)22(34)7-5-16(6-8-22)31-11-15(12-31)30-20(33)10-27-21-17-9-14(23(24,25)26)3-4-18(17)28-13-29-21/h1,3-4,9,13,15-16,19,32,34H,5-8,10-12H2,(H,30,33)(H,27,28,29). The van der Waals surface area contributed by atoms with Gasteiger partial charge in [0.2, 0.25) is 5.91 Å². The van der Waals surface area contributed by atoms with Crippen molar-refractivity contribution in [1.29, 1.82) is 0 Å². The number of carbonyl (C=O) groups is 1. The fourth-order valence-electron chi connectivity index (χ4n) is 4.61. The number of carbonyl (C=O) groups excluding carboxylic acids is 1. The van der Waals surface area contributed by atoms with Crippen LogP contribution in [0.3, 0.4) is 0 Å². The molecule has 1 unspecified atom stereocenters. The predicted molar refractivity (Wildman–Crippen MR) is 119 cm³/mol. The molecule has 34 heavy (non-hydrogen) atoms. The molecule has 4 N–H and O–H groups in total. The van der Waals surface area contributed by atoms with E-state index < -0.39 is 23.4 Å². The Labute approximate surface area is 194 Å². The van der Waals surface area contributed by atoms with Gasteiger partial charge in [0.25, 0.3) is 0 Å². The van der Waals surface area contributed by atoms with Crippen LogP contribution in [0.5, 0.6) is 0 Å². The van der Waals surface area contributed by atoms with Crippen molar-refractivity contribution >= 4 is 22.6 Å². The summed E-state index contributed by atoms with van der Waals surface area (Å²) in [6, 6.07) is 3.41. The van der Waals surface area contributed by atoms with Crippen molar-refractivity contribution in [2.45, 2.75) is 55.6 Å². The highest BCUT2D eigenvalue weighted by Crippen LogP contribution is 2.35. The van der Waals surface area contributed by atoms with Gasteiger partial charge in [0.15, 0.2) is 0 Å². The van der Waals surface area contributed by atoms with Crippen molar-refractivity contribution in [2.24, 2.45) is 0 Å². The van der Waals surface area contributed by atoms with E-state index in [1.54, 1.807) is 0 Å². The molecule has 1 amide bonds. The molecule has 2 heterocycles. The topological polar surface area (TPSA) is 111 Å². The van der Waals surface area contributed by atoms with Crippen LogP contribution in [0.4, 0.5) is 19.0 Å². The number of aliphatic hydroxyl groups excluding tert-OH is 1. The third-order valence-electron chi connectivity index (χ3n) is 6.66. The minimum absolute atomic E-state index is 0.0367. The number of alkyl halides is 3. The second-order valence-corrected chi connectivity index (χ2v) is 8.93. The molecule has 0 bridgehead atoms. The van der Waals surface area contributed by atoms with E-state index in [0.717, 1.165) is 12.1 Å². The van der Waals surface area contributed by atoms with Crippen LogP contribution >= 0.6 is 0 Å². The van der Waals surface area contributed by atoms with Crippen LogP contribution in [0.15, 0.2) is 24.5 Å². The zero-order chi connectivity index (χ0) is 24.5. The monoisotopic (exact) mass is 477 g/mol. The molecular formula is C23H26F3N5O3. The van der Waals surface area contributed by atoms with Crippen molar-refractivity contribution in [3.8, 4) is 12.3 Å². The van der Waals surface area contributed by atoms with Crippen LogP contribution in [0.1, 0.15) is 31.2 Å². The zero-order valence-corrected chi connectivity index (χ0v) is 18.3. The molecule has 8 nitrogen and oxygen atoms in total. The first-order chi connectivity index (χ1) is 16.1. The first-order valence-corrected chi connectivity index (χ1v) is 11.0.